The second-order valence-electron chi connectivity index (χ2n) is 35.0. The van der Waals surface area contributed by atoms with Gasteiger partial charge in [-0.2, -0.15) is 0 Å². The summed E-state index contributed by atoms with van der Waals surface area (Å²) in [4.78, 5) is 74.5. The maximum atomic E-state index is 15.6. The summed E-state index contributed by atoms with van der Waals surface area (Å²) in [7, 11) is 0. The number of unbranched alkanes of at least 4 members (excludes halogenated alkanes) is 71. The van der Waals surface area contributed by atoms with Crippen LogP contribution in [0.2, 0.25) is 0 Å². The van der Waals surface area contributed by atoms with E-state index in [1.807, 2.05) is 0 Å². The minimum atomic E-state index is -2.58. The third-order valence-corrected chi connectivity index (χ3v) is 25.2. The Balaban J connectivity index is 7.65. The monoisotopic (exact) mass is 1540 g/mol. The van der Waals surface area contributed by atoms with E-state index in [9.17, 15) is 30.0 Å². The highest BCUT2D eigenvalue weighted by Crippen LogP contribution is 2.62. The van der Waals surface area contributed by atoms with Crippen molar-refractivity contribution in [1.82, 2.24) is 0 Å². The highest BCUT2D eigenvalue weighted by atomic mass is 16.6. The number of hydrogen-bond donors (Lipinski definition) is 4. The molecule has 0 spiro atoms. The lowest BCUT2D eigenvalue weighted by Gasteiger charge is -2.58. The standard InChI is InChI=1S/C99H188O10/c1-6-11-16-21-26-31-36-41-46-51-56-61-66-71-76-81-86-97(95(105)106,87-82-77-72-67-62-57-52-47-42-37-32-27-22-17-12-7-2)99(89-84-79-74-69-64-59-54-49-44-39-34-29-24-19-14-9-4,109-93(102)85-80-75-70-65-60-55-50-45-40-35-30-25-20-15-10-5)98(96(107)108,91(94(103)104)90-92(100)101)88-83-78-73-68-63-58-53-48-43-38-33-28-23-18-13-8-3/h45,50,91H,6-44,46-49,51-90H2,1-5H3,(H,100,101)(H,103,104)(H,105,106)(H,107,108). The molecule has 10 nitrogen and oxygen atoms in total. The van der Waals surface area contributed by atoms with E-state index in [1.165, 1.54) is 295 Å². The maximum absolute atomic E-state index is 15.6. The summed E-state index contributed by atoms with van der Waals surface area (Å²) >= 11 is 0. The van der Waals surface area contributed by atoms with E-state index in [-0.39, 0.29) is 38.5 Å². The summed E-state index contributed by atoms with van der Waals surface area (Å²) in [5, 5.41) is 47.9. The number of esters is 1. The second-order valence-corrected chi connectivity index (χ2v) is 35.0. The van der Waals surface area contributed by atoms with E-state index >= 15 is 14.4 Å². The highest BCUT2D eigenvalue weighted by Gasteiger charge is 2.74. The van der Waals surface area contributed by atoms with Gasteiger partial charge in [0.2, 0.25) is 0 Å². The average Bonchev–Trinajstić information content (AvgIpc) is 0.698. The van der Waals surface area contributed by atoms with Crippen LogP contribution in [0.15, 0.2) is 12.2 Å². The van der Waals surface area contributed by atoms with Crippen molar-refractivity contribution in [2.24, 2.45) is 16.7 Å². The van der Waals surface area contributed by atoms with Crippen molar-refractivity contribution in [2.75, 3.05) is 0 Å². The van der Waals surface area contributed by atoms with Gasteiger partial charge in [-0.25, -0.2) is 0 Å². The molecule has 0 fully saturated rings. The molecule has 3 atom stereocenters. The third kappa shape index (κ3) is 57.7. The molecule has 0 amide bonds. The molecule has 10 heteroatoms. The topological polar surface area (TPSA) is 176 Å². The van der Waals surface area contributed by atoms with Gasteiger partial charge in [-0.3, -0.25) is 24.0 Å². The van der Waals surface area contributed by atoms with Gasteiger partial charge in [0.25, 0.3) is 0 Å². The molecule has 0 aromatic carbocycles. The molecule has 0 saturated heterocycles. The van der Waals surface area contributed by atoms with Gasteiger partial charge in [0.15, 0.2) is 0 Å². The zero-order chi connectivity index (χ0) is 79.8. The fraction of sp³-hybridized carbons (Fsp3) is 0.929. The summed E-state index contributed by atoms with van der Waals surface area (Å²) in [5.41, 5.74) is -6.98. The Labute approximate surface area is 677 Å². The molecular formula is C99H188O10. The van der Waals surface area contributed by atoms with Crippen LogP contribution in [0, 0.1) is 16.7 Å². The Kier molecular flexibility index (Phi) is 78.1. The van der Waals surface area contributed by atoms with Crippen LogP contribution >= 0.6 is 0 Å². The van der Waals surface area contributed by atoms with Gasteiger partial charge < -0.3 is 25.2 Å². The fourth-order valence-electron chi connectivity index (χ4n) is 18.2. The highest BCUT2D eigenvalue weighted by molar-refractivity contribution is 5.90. The van der Waals surface area contributed by atoms with E-state index < -0.39 is 58.6 Å². The zero-order valence-electron chi connectivity index (χ0n) is 73.7. The first-order valence-electron chi connectivity index (χ1n) is 49.1. The minimum Gasteiger partial charge on any atom is -0.481 e. The van der Waals surface area contributed by atoms with Gasteiger partial charge in [0, 0.05) is 6.42 Å². The van der Waals surface area contributed by atoms with E-state index in [0.29, 0.717) is 51.4 Å². The molecule has 0 bridgehead atoms. The predicted octanol–water partition coefficient (Wildman–Crippen LogP) is 33.2. The molecule has 3 unspecified atom stereocenters. The van der Waals surface area contributed by atoms with Crippen molar-refractivity contribution >= 4 is 29.8 Å². The first kappa shape index (κ1) is 106. The molecule has 0 radical (unpaired) electrons. The van der Waals surface area contributed by atoms with Crippen molar-refractivity contribution in [3.63, 3.8) is 0 Å². The predicted molar refractivity (Wildman–Crippen MR) is 468 cm³/mol. The lowest BCUT2D eigenvalue weighted by atomic mass is 9.48. The van der Waals surface area contributed by atoms with Crippen LogP contribution in [-0.4, -0.2) is 55.9 Å². The molecule has 0 rings (SSSR count). The molecule has 0 aromatic rings. The number of carbonyl (C=O) groups is 5. The van der Waals surface area contributed by atoms with Crippen LogP contribution in [0.4, 0.5) is 0 Å². The lowest BCUT2D eigenvalue weighted by Crippen LogP contribution is -2.70. The Morgan fingerprint density at radius 1 is 0.257 bits per heavy atom. The number of carbonyl (C=O) groups excluding carboxylic acids is 1. The molecule has 0 aliphatic rings. The van der Waals surface area contributed by atoms with E-state index in [1.54, 1.807) is 0 Å². The van der Waals surface area contributed by atoms with E-state index in [4.69, 9.17) is 4.74 Å². The van der Waals surface area contributed by atoms with Crippen LogP contribution in [0.3, 0.4) is 0 Å². The number of allylic oxidation sites excluding steroid dienone is 2. The summed E-state index contributed by atoms with van der Waals surface area (Å²) in [6.07, 6.45) is 89.0. The van der Waals surface area contributed by atoms with Crippen LogP contribution in [-0.2, 0) is 28.7 Å². The molecular weight excluding hydrogens is 1350 g/mol. The minimum absolute atomic E-state index is 0.0203. The third-order valence-electron chi connectivity index (χ3n) is 25.2. The molecule has 0 aliphatic heterocycles. The van der Waals surface area contributed by atoms with Crippen LogP contribution in [0.1, 0.15) is 568 Å². The molecule has 4 N–H and O–H groups in total. The quantitative estimate of drug-likeness (QED) is 0.0261. The number of carboxylic acids is 4. The number of ether oxygens (including phenoxy) is 1. The summed E-state index contributed by atoms with van der Waals surface area (Å²) in [6.45, 7) is 11.3. The van der Waals surface area contributed by atoms with Gasteiger partial charge in [-0.05, 0) is 64.2 Å². The Hall–Kier alpha value is -2.91. The van der Waals surface area contributed by atoms with Crippen molar-refractivity contribution in [1.29, 1.82) is 0 Å². The molecule has 0 aliphatic carbocycles. The van der Waals surface area contributed by atoms with E-state index in [2.05, 4.69) is 46.8 Å². The lowest BCUT2D eigenvalue weighted by molar-refractivity contribution is -0.244. The normalized spacial score (nSPS) is 13.3. The second kappa shape index (κ2) is 80.3. The number of hydrogen-bond acceptors (Lipinski definition) is 6. The molecule has 0 heterocycles. The first-order valence-corrected chi connectivity index (χ1v) is 49.1. The molecule has 0 aromatic heterocycles. The van der Waals surface area contributed by atoms with Crippen LogP contribution in [0.25, 0.3) is 0 Å². The molecule has 0 saturated carbocycles. The smallest absolute Gasteiger partial charge is 0.314 e. The maximum Gasteiger partial charge on any atom is 0.314 e. The van der Waals surface area contributed by atoms with Crippen molar-refractivity contribution < 1.29 is 49.1 Å². The summed E-state index contributed by atoms with van der Waals surface area (Å²) in [6, 6.07) is 0. The fourth-order valence-corrected chi connectivity index (χ4v) is 18.2. The van der Waals surface area contributed by atoms with Crippen molar-refractivity contribution in [2.45, 2.75) is 573 Å². The van der Waals surface area contributed by atoms with Crippen molar-refractivity contribution in [3.05, 3.63) is 12.2 Å². The van der Waals surface area contributed by atoms with Gasteiger partial charge >= 0.3 is 29.8 Å². The Morgan fingerprint density at radius 2 is 0.468 bits per heavy atom. The number of rotatable bonds is 92. The zero-order valence-corrected chi connectivity index (χ0v) is 73.7. The first-order chi connectivity index (χ1) is 53.3. The SMILES string of the molecule is CCCCCCCCC=CCCCCCCCC(=O)OC(CCCCCCCCCCCCCCCCCC)(C(CCCCCCCCCCCCCCCCCC)(CCCCCCCCCCCCCCCCCC)C(=O)O)C(CCCCCCCCCCCCCCCCCC)(C(=O)O)C(CC(=O)O)C(=O)O. The molecule has 109 heavy (non-hydrogen) atoms. The van der Waals surface area contributed by atoms with Crippen molar-refractivity contribution in [3.8, 4) is 0 Å². The largest absolute Gasteiger partial charge is 0.481 e. The molecule has 644 valence electrons. The number of aliphatic carboxylic acids is 4. The van der Waals surface area contributed by atoms with Gasteiger partial charge in [0.1, 0.15) is 16.4 Å². The van der Waals surface area contributed by atoms with Crippen LogP contribution in [0.5, 0.6) is 0 Å². The van der Waals surface area contributed by atoms with Gasteiger partial charge in [-0.15, -0.1) is 0 Å². The summed E-state index contributed by atoms with van der Waals surface area (Å²) < 4.78 is 7.22. The Bertz CT molecular complexity index is 1980. The van der Waals surface area contributed by atoms with Gasteiger partial charge in [-0.1, -0.05) is 503 Å². The van der Waals surface area contributed by atoms with E-state index in [0.717, 1.165) is 141 Å². The average molecular weight is 1540 g/mol. The van der Waals surface area contributed by atoms with Gasteiger partial charge in [0.05, 0.1) is 12.3 Å². The summed E-state index contributed by atoms with van der Waals surface area (Å²) in [5.74, 6) is -8.58. The van der Waals surface area contributed by atoms with Crippen LogP contribution < -0.4 is 0 Å². The number of carboxylic acid groups (broad SMARTS) is 4. The Morgan fingerprint density at radius 3 is 0.688 bits per heavy atom.